The van der Waals surface area contributed by atoms with Crippen LogP contribution in [0.3, 0.4) is 0 Å². The normalized spacial score (nSPS) is 28.7. The van der Waals surface area contributed by atoms with E-state index in [2.05, 4.69) is 24.1 Å². The highest BCUT2D eigenvalue weighted by atomic mass is 32.2. The summed E-state index contributed by atoms with van der Waals surface area (Å²) >= 11 is 0. The van der Waals surface area contributed by atoms with Crippen molar-refractivity contribution in [2.75, 3.05) is 45.5 Å². The van der Waals surface area contributed by atoms with Crippen molar-refractivity contribution in [2.45, 2.75) is 38.9 Å². The maximum atomic E-state index is 12.2. The lowest BCUT2D eigenvalue weighted by atomic mass is 9.97. The molecule has 1 N–H and O–H groups in total. The van der Waals surface area contributed by atoms with Gasteiger partial charge >= 0.3 is 0 Å². The van der Waals surface area contributed by atoms with Crippen LogP contribution in [0, 0.1) is 5.92 Å². The number of nitrogens with zero attached hydrogens (tertiary/aromatic N) is 2. The second-order valence-corrected chi connectivity index (χ2v) is 8.73. The molecule has 2 unspecified atom stereocenters. The van der Waals surface area contributed by atoms with E-state index in [0.717, 1.165) is 19.6 Å². The van der Waals surface area contributed by atoms with E-state index in [1.807, 2.05) is 0 Å². The Balaban J connectivity index is 1.68. The molecule has 134 valence electrons. The fourth-order valence-corrected chi connectivity index (χ4v) is 4.27. The van der Waals surface area contributed by atoms with Crippen molar-refractivity contribution in [2.24, 2.45) is 5.92 Å². The SMILES string of the molecule is CC1CN(CCNC(=O)C2CCN(S(C)(=O)=O)CC2)CC(C)O1. The average Bonchev–Trinajstić information content (AvgIpc) is 2.45. The van der Waals surface area contributed by atoms with Crippen molar-refractivity contribution >= 4 is 15.9 Å². The number of hydrogen-bond acceptors (Lipinski definition) is 5. The summed E-state index contributed by atoms with van der Waals surface area (Å²) in [6, 6.07) is 0. The third-order valence-electron chi connectivity index (χ3n) is 4.52. The summed E-state index contributed by atoms with van der Waals surface area (Å²) < 4.78 is 30.1. The van der Waals surface area contributed by atoms with Gasteiger partial charge in [-0.1, -0.05) is 0 Å². The molecular weight excluding hydrogens is 318 g/mol. The summed E-state index contributed by atoms with van der Waals surface area (Å²) in [6.45, 7) is 8.26. The second kappa shape index (κ2) is 7.92. The third kappa shape index (κ3) is 5.70. The van der Waals surface area contributed by atoms with Gasteiger partial charge in [0.1, 0.15) is 0 Å². The Hall–Kier alpha value is -0.700. The number of amides is 1. The Morgan fingerprint density at radius 2 is 1.74 bits per heavy atom. The van der Waals surface area contributed by atoms with Crippen molar-refractivity contribution < 1.29 is 17.9 Å². The van der Waals surface area contributed by atoms with Crippen LogP contribution < -0.4 is 5.32 Å². The number of carbonyl (C=O) groups is 1. The van der Waals surface area contributed by atoms with Crippen LogP contribution in [0.2, 0.25) is 0 Å². The summed E-state index contributed by atoms with van der Waals surface area (Å²) in [5, 5.41) is 2.99. The van der Waals surface area contributed by atoms with Crippen molar-refractivity contribution in [1.29, 1.82) is 0 Å². The van der Waals surface area contributed by atoms with E-state index in [0.29, 0.717) is 32.5 Å². The number of nitrogens with one attached hydrogen (secondary N) is 1. The van der Waals surface area contributed by atoms with Crippen LogP contribution in [-0.4, -0.2) is 81.3 Å². The van der Waals surface area contributed by atoms with Crippen molar-refractivity contribution in [3.05, 3.63) is 0 Å². The highest BCUT2D eigenvalue weighted by molar-refractivity contribution is 7.88. The van der Waals surface area contributed by atoms with Crippen LogP contribution in [0.1, 0.15) is 26.7 Å². The molecule has 0 spiro atoms. The Morgan fingerprint density at radius 3 is 2.26 bits per heavy atom. The molecule has 23 heavy (non-hydrogen) atoms. The standard InChI is InChI=1S/C15H29N3O4S/c1-12-10-17(11-13(2)22-12)9-6-16-15(19)14-4-7-18(8-5-14)23(3,20)21/h12-14H,4-11H2,1-3H3,(H,16,19). The van der Waals surface area contributed by atoms with Crippen LogP contribution in [0.4, 0.5) is 0 Å². The van der Waals surface area contributed by atoms with Gasteiger partial charge in [0, 0.05) is 45.2 Å². The van der Waals surface area contributed by atoms with Gasteiger partial charge in [-0.25, -0.2) is 12.7 Å². The molecule has 0 radical (unpaired) electrons. The van der Waals surface area contributed by atoms with E-state index in [1.165, 1.54) is 10.6 Å². The summed E-state index contributed by atoms with van der Waals surface area (Å²) in [5.41, 5.74) is 0. The molecule has 2 aliphatic rings. The maximum Gasteiger partial charge on any atom is 0.223 e. The topological polar surface area (TPSA) is 79.0 Å². The van der Waals surface area contributed by atoms with E-state index < -0.39 is 10.0 Å². The van der Waals surface area contributed by atoms with E-state index in [1.54, 1.807) is 0 Å². The molecule has 0 aromatic carbocycles. The van der Waals surface area contributed by atoms with E-state index >= 15 is 0 Å². The molecule has 7 nitrogen and oxygen atoms in total. The Morgan fingerprint density at radius 1 is 1.17 bits per heavy atom. The zero-order valence-electron chi connectivity index (χ0n) is 14.3. The first-order chi connectivity index (χ1) is 10.8. The van der Waals surface area contributed by atoms with Gasteiger partial charge < -0.3 is 10.1 Å². The fraction of sp³-hybridized carbons (Fsp3) is 0.933. The summed E-state index contributed by atoms with van der Waals surface area (Å²) in [7, 11) is -3.13. The Bertz CT molecular complexity index is 493. The van der Waals surface area contributed by atoms with Gasteiger partial charge in [0.15, 0.2) is 0 Å². The summed E-state index contributed by atoms with van der Waals surface area (Å²) in [6.07, 6.45) is 2.89. The smallest absolute Gasteiger partial charge is 0.223 e. The molecule has 2 fully saturated rings. The lowest BCUT2D eigenvalue weighted by Crippen LogP contribution is -2.48. The van der Waals surface area contributed by atoms with Crippen molar-refractivity contribution in [3.8, 4) is 0 Å². The van der Waals surface area contributed by atoms with Crippen LogP contribution in [0.25, 0.3) is 0 Å². The van der Waals surface area contributed by atoms with Crippen LogP contribution >= 0.6 is 0 Å². The summed E-state index contributed by atoms with van der Waals surface area (Å²) in [4.78, 5) is 14.5. The minimum Gasteiger partial charge on any atom is -0.373 e. The van der Waals surface area contributed by atoms with E-state index in [4.69, 9.17) is 4.74 Å². The molecule has 0 saturated carbocycles. The van der Waals surface area contributed by atoms with Gasteiger partial charge in [-0.15, -0.1) is 0 Å². The first kappa shape index (κ1) is 18.6. The molecule has 2 saturated heterocycles. The molecule has 0 aliphatic carbocycles. The van der Waals surface area contributed by atoms with Gasteiger partial charge in [0.2, 0.25) is 15.9 Å². The van der Waals surface area contributed by atoms with Gasteiger partial charge in [-0.3, -0.25) is 9.69 Å². The van der Waals surface area contributed by atoms with E-state index in [9.17, 15) is 13.2 Å². The first-order valence-corrected chi connectivity index (χ1v) is 10.2. The predicted molar refractivity (Wildman–Crippen MR) is 88.6 cm³/mol. The monoisotopic (exact) mass is 347 g/mol. The van der Waals surface area contributed by atoms with Crippen LogP contribution in [0.5, 0.6) is 0 Å². The van der Waals surface area contributed by atoms with Gasteiger partial charge in [0.05, 0.1) is 18.5 Å². The minimum atomic E-state index is -3.13. The zero-order valence-corrected chi connectivity index (χ0v) is 15.1. The molecule has 1 amide bonds. The number of rotatable bonds is 5. The van der Waals surface area contributed by atoms with Crippen LogP contribution in [-0.2, 0) is 19.6 Å². The molecule has 8 heteroatoms. The molecule has 0 aromatic rings. The van der Waals surface area contributed by atoms with Gasteiger partial charge in [0.25, 0.3) is 0 Å². The second-order valence-electron chi connectivity index (χ2n) is 6.74. The van der Waals surface area contributed by atoms with Gasteiger partial charge in [-0.05, 0) is 26.7 Å². The number of ether oxygens (including phenoxy) is 1. The quantitative estimate of drug-likeness (QED) is 0.750. The van der Waals surface area contributed by atoms with Crippen molar-refractivity contribution in [1.82, 2.24) is 14.5 Å². The molecule has 0 aromatic heterocycles. The molecular formula is C15H29N3O4S. The third-order valence-corrected chi connectivity index (χ3v) is 5.82. The molecule has 2 atom stereocenters. The number of piperidine rings is 1. The molecule has 2 rings (SSSR count). The van der Waals surface area contributed by atoms with Gasteiger partial charge in [-0.2, -0.15) is 0 Å². The number of morpholine rings is 1. The molecule has 2 heterocycles. The highest BCUT2D eigenvalue weighted by Gasteiger charge is 2.29. The Labute approximate surface area is 139 Å². The Kier molecular flexibility index (Phi) is 6.41. The number of carbonyl (C=O) groups excluding carboxylic acids is 1. The maximum absolute atomic E-state index is 12.2. The zero-order chi connectivity index (χ0) is 17.0. The lowest BCUT2D eigenvalue weighted by Gasteiger charge is -2.35. The molecule has 2 aliphatic heterocycles. The summed E-state index contributed by atoms with van der Waals surface area (Å²) in [5.74, 6) is -0.0250. The van der Waals surface area contributed by atoms with Crippen molar-refractivity contribution in [3.63, 3.8) is 0 Å². The number of hydrogen-bond donors (Lipinski definition) is 1. The van der Waals surface area contributed by atoms with Crippen LogP contribution in [0.15, 0.2) is 0 Å². The van der Waals surface area contributed by atoms with E-state index in [-0.39, 0.29) is 24.0 Å². The minimum absolute atomic E-state index is 0.0486. The number of sulfonamides is 1. The first-order valence-electron chi connectivity index (χ1n) is 8.36. The lowest BCUT2D eigenvalue weighted by molar-refractivity contribution is -0.126. The molecule has 0 bridgehead atoms. The highest BCUT2D eigenvalue weighted by Crippen LogP contribution is 2.19. The fourth-order valence-electron chi connectivity index (χ4n) is 3.40. The average molecular weight is 347 g/mol. The largest absolute Gasteiger partial charge is 0.373 e. The predicted octanol–water partition coefficient (Wildman–Crippen LogP) is -0.117.